The van der Waals surface area contributed by atoms with Gasteiger partial charge in [-0.25, -0.2) is 0 Å². The van der Waals surface area contributed by atoms with Crippen molar-refractivity contribution in [2.24, 2.45) is 11.7 Å². The van der Waals surface area contributed by atoms with Gasteiger partial charge in [-0.05, 0) is 24.1 Å². The zero-order chi connectivity index (χ0) is 16.0. The Morgan fingerprint density at radius 3 is 2.67 bits per heavy atom. The van der Waals surface area contributed by atoms with Crippen LogP contribution in [-0.2, 0) is 9.59 Å². The van der Waals surface area contributed by atoms with Crippen LogP contribution in [0.25, 0.3) is 0 Å². The number of nitrogens with one attached hydrogen (secondary N) is 2. The summed E-state index contributed by atoms with van der Waals surface area (Å²) in [6.45, 7) is 3.46. The Hall–Kier alpha value is -1.91. The lowest BCUT2D eigenvalue weighted by molar-refractivity contribution is -0.125. The van der Waals surface area contributed by atoms with E-state index in [1.54, 1.807) is 18.2 Å². The van der Waals surface area contributed by atoms with E-state index in [4.69, 9.17) is 11.0 Å². The van der Waals surface area contributed by atoms with E-state index in [1.807, 2.05) is 19.9 Å². The molecule has 4 N–H and O–H groups in total. The molecule has 0 heterocycles. The first-order valence-electron chi connectivity index (χ1n) is 6.38. The van der Waals surface area contributed by atoms with Crippen LogP contribution >= 0.6 is 15.9 Å². The molecule has 6 nitrogen and oxygen atoms in total. The molecule has 1 rings (SSSR count). The zero-order valence-corrected chi connectivity index (χ0v) is 13.4. The topological polar surface area (TPSA) is 108 Å². The monoisotopic (exact) mass is 352 g/mol. The average Bonchev–Trinajstić information content (AvgIpc) is 2.45. The van der Waals surface area contributed by atoms with Crippen LogP contribution < -0.4 is 16.4 Å². The highest BCUT2D eigenvalue weighted by molar-refractivity contribution is 9.10. The van der Waals surface area contributed by atoms with E-state index >= 15 is 0 Å². The fraction of sp³-hybridized carbons (Fsp3) is 0.357. The van der Waals surface area contributed by atoms with E-state index in [1.165, 1.54) is 0 Å². The molecule has 0 aliphatic carbocycles. The number of nitrogens with two attached hydrogens (primary N) is 1. The Balaban J connectivity index is 2.59. The van der Waals surface area contributed by atoms with Gasteiger partial charge in [0.1, 0.15) is 6.07 Å². The predicted molar refractivity (Wildman–Crippen MR) is 83.3 cm³/mol. The summed E-state index contributed by atoms with van der Waals surface area (Å²) >= 11 is 3.25. The second kappa shape index (κ2) is 7.76. The van der Waals surface area contributed by atoms with E-state index in [9.17, 15) is 9.59 Å². The van der Waals surface area contributed by atoms with Gasteiger partial charge in [0.25, 0.3) is 0 Å². The second-order valence-electron chi connectivity index (χ2n) is 4.84. The van der Waals surface area contributed by atoms with Crippen molar-refractivity contribution in [2.75, 3.05) is 11.9 Å². The van der Waals surface area contributed by atoms with Crippen molar-refractivity contribution in [1.82, 2.24) is 5.32 Å². The molecule has 0 aromatic heterocycles. The summed E-state index contributed by atoms with van der Waals surface area (Å²) in [7, 11) is 0. The van der Waals surface area contributed by atoms with Crippen LogP contribution in [0.1, 0.15) is 19.4 Å². The van der Waals surface area contributed by atoms with Crippen LogP contribution in [-0.4, -0.2) is 24.4 Å². The largest absolute Gasteiger partial charge is 0.346 e. The summed E-state index contributed by atoms with van der Waals surface area (Å²) in [6, 6.07) is 6.26. The number of hydrogen-bond donors (Lipinski definition) is 3. The van der Waals surface area contributed by atoms with Gasteiger partial charge in [0.15, 0.2) is 0 Å². The third kappa shape index (κ3) is 5.17. The molecule has 0 unspecified atom stereocenters. The average molecular weight is 353 g/mol. The minimum atomic E-state index is -0.653. The predicted octanol–water partition coefficient (Wildman–Crippen LogP) is 1.36. The molecule has 0 radical (unpaired) electrons. The van der Waals surface area contributed by atoms with E-state index in [0.29, 0.717) is 11.3 Å². The minimum absolute atomic E-state index is 0.00951. The van der Waals surface area contributed by atoms with Gasteiger partial charge >= 0.3 is 0 Å². The molecule has 0 fully saturated rings. The SMILES string of the molecule is CC(C)[C@H](N)C(=O)NCC(=O)Nc1ccc(Br)cc1C#N. The van der Waals surface area contributed by atoms with Crippen molar-refractivity contribution in [3.8, 4) is 6.07 Å². The molecule has 1 aromatic rings. The Morgan fingerprint density at radius 2 is 2.10 bits per heavy atom. The number of rotatable bonds is 5. The van der Waals surface area contributed by atoms with Crippen molar-refractivity contribution >= 4 is 33.4 Å². The van der Waals surface area contributed by atoms with E-state index in [-0.39, 0.29) is 18.4 Å². The van der Waals surface area contributed by atoms with Crippen molar-refractivity contribution in [2.45, 2.75) is 19.9 Å². The van der Waals surface area contributed by atoms with Gasteiger partial charge in [-0.1, -0.05) is 29.8 Å². The number of carbonyl (C=O) groups is 2. The minimum Gasteiger partial charge on any atom is -0.346 e. The third-order valence-corrected chi connectivity index (χ3v) is 3.31. The maximum Gasteiger partial charge on any atom is 0.243 e. The summed E-state index contributed by atoms with van der Waals surface area (Å²) in [5.74, 6) is -0.806. The Kier molecular flexibility index (Phi) is 6.34. The van der Waals surface area contributed by atoms with Crippen LogP contribution in [0.5, 0.6) is 0 Å². The number of halogens is 1. The van der Waals surface area contributed by atoms with Gasteiger partial charge in [-0.3, -0.25) is 9.59 Å². The van der Waals surface area contributed by atoms with Crippen LogP contribution in [0.2, 0.25) is 0 Å². The highest BCUT2D eigenvalue weighted by Crippen LogP contribution is 2.20. The number of benzene rings is 1. The highest BCUT2D eigenvalue weighted by Gasteiger charge is 2.17. The molecule has 0 spiro atoms. The van der Waals surface area contributed by atoms with E-state index < -0.39 is 11.9 Å². The molecule has 21 heavy (non-hydrogen) atoms. The number of nitrogens with zero attached hydrogens (tertiary/aromatic N) is 1. The lowest BCUT2D eigenvalue weighted by Gasteiger charge is -2.15. The van der Waals surface area contributed by atoms with Crippen molar-refractivity contribution in [1.29, 1.82) is 5.26 Å². The van der Waals surface area contributed by atoms with Crippen molar-refractivity contribution in [3.63, 3.8) is 0 Å². The zero-order valence-electron chi connectivity index (χ0n) is 11.8. The Morgan fingerprint density at radius 1 is 1.43 bits per heavy atom. The van der Waals surface area contributed by atoms with Gasteiger partial charge in [-0.2, -0.15) is 5.26 Å². The number of carbonyl (C=O) groups excluding carboxylic acids is 2. The molecule has 0 saturated carbocycles. The molecule has 1 aromatic carbocycles. The first kappa shape index (κ1) is 17.1. The van der Waals surface area contributed by atoms with Gasteiger partial charge in [-0.15, -0.1) is 0 Å². The summed E-state index contributed by atoms with van der Waals surface area (Å²) in [4.78, 5) is 23.4. The normalized spacial score (nSPS) is 11.6. The maximum absolute atomic E-state index is 11.8. The molecule has 0 saturated heterocycles. The fourth-order valence-electron chi connectivity index (χ4n) is 1.50. The molecule has 7 heteroatoms. The second-order valence-corrected chi connectivity index (χ2v) is 5.75. The summed E-state index contributed by atoms with van der Waals surface area (Å²) in [5, 5.41) is 14.0. The van der Waals surface area contributed by atoms with Crippen LogP contribution in [0.4, 0.5) is 5.69 Å². The molecule has 0 aliphatic rings. The quantitative estimate of drug-likeness (QED) is 0.743. The maximum atomic E-state index is 11.8. The Labute approximate surface area is 131 Å². The van der Waals surface area contributed by atoms with Crippen molar-refractivity contribution in [3.05, 3.63) is 28.2 Å². The standard InChI is InChI=1S/C14H17BrN4O2/c1-8(2)13(17)14(21)18-7-12(20)19-11-4-3-10(15)5-9(11)6-16/h3-5,8,13H,7,17H2,1-2H3,(H,18,21)(H,19,20)/t13-/m0/s1. The molecular weight excluding hydrogens is 336 g/mol. The first-order chi connectivity index (χ1) is 9.85. The lowest BCUT2D eigenvalue weighted by Crippen LogP contribution is -2.46. The number of amides is 2. The van der Waals surface area contributed by atoms with Gasteiger partial charge in [0.05, 0.1) is 23.8 Å². The van der Waals surface area contributed by atoms with Crippen LogP contribution in [0.3, 0.4) is 0 Å². The first-order valence-corrected chi connectivity index (χ1v) is 7.17. The number of anilines is 1. The molecular formula is C14H17BrN4O2. The van der Waals surface area contributed by atoms with E-state index in [2.05, 4.69) is 26.6 Å². The third-order valence-electron chi connectivity index (χ3n) is 2.82. The van der Waals surface area contributed by atoms with E-state index in [0.717, 1.165) is 4.47 Å². The van der Waals surface area contributed by atoms with Gasteiger partial charge in [0, 0.05) is 4.47 Å². The molecule has 0 aliphatic heterocycles. The molecule has 1 atom stereocenters. The van der Waals surface area contributed by atoms with Crippen molar-refractivity contribution < 1.29 is 9.59 Å². The molecule has 0 bridgehead atoms. The molecule has 112 valence electrons. The summed E-state index contributed by atoms with van der Waals surface area (Å²) < 4.78 is 0.744. The number of hydrogen-bond acceptors (Lipinski definition) is 4. The Bertz CT molecular complexity index is 581. The fourth-order valence-corrected chi connectivity index (χ4v) is 1.86. The van der Waals surface area contributed by atoms with Crippen LogP contribution in [0.15, 0.2) is 22.7 Å². The lowest BCUT2D eigenvalue weighted by atomic mass is 10.1. The van der Waals surface area contributed by atoms with Gasteiger partial charge in [0.2, 0.25) is 11.8 Å². The summed E-state index contributed by atoms with van der Waals surface area (Å²) in [5.41, 5.74) is 6.40. The van der Waals surface area contributed by atoms with Crippen LogP contribution in [0, 0.1) is 17.2 Å². The van der Waals surface area contributed by atoms with Gasteiger partial charge < -0.3 is 16.4 Å². The smallest absolute Gasteiger partial charge is 0.243 e. The summed E-state index contributed by atoms with van der Waals surface area (Å²) in [6.07, 6.45) is 0. The number of nitriles is 1. The highest BCUT2D eigenvalue weighted by atomic mass is 79.9. The molecule has 2 amide bonds.